The van der Waals surface area contributed by atoms with Gasteiger partial charge in [-0.25, -0.2) is 4.98 Å². The maximum absolute atomic E-state index is 12.0. The van der Waals surface area contributed by atoms with Crippen LogP contribution in [0.3, 0.4) is 0 Å². The number of carbonyl (C=O) groups is 2. The minimum Gasteiger partial charge on any atom is -0.347 e. The van der Waals surface area contributed by atoms with Crippen molar-refractivity contribution in [1.29, 1.82) is 0 Å². The fourth-order valence-corrected chi connectivity index (χ4v) is 1.77. The largest absolute Gasteiger partial charge is 0.347 e. The van der Waals surface area contributed by atoms with Crippen molar-refractivity contribution >= 4 is 11.8 Å². The Bertz CT molecular complexity index is 624. The van der Waals surface area contributed by atoms with E-state index in [4.69, 9.17) is 0 Å². The molecule has 0 aliphatic carbocycles. The molecular weight excluding hydrogens is 270 g/mol. The first-order valence-corrected chi connectivity index (χ1v) is 6.56. The highest BCUT2D eigenvalue weighted by Crippen LogP contribution is 2.04. The third-order valence-electron chi connectivity index (χ3n) is 2.92. The average Bonchev–Trinajstić information content (AvgIpc) is 2.97. The van der Waals surface area contributed by atoms with Crippen molar-refractivity contribution < 1.29 is 9.59 Å². The fraction of sp³-hybridized carbons (Fsp3) is 0.286. The van der Waals surface area contributed by atoms with Crippen LogP contribution in [0.2, 0.25) is 0 Å². The Morgan fingerprint density at radius 2 is 2.19 bits per heavy atom. The highest BCUT2D eigenvalue weighted by molar-refractivity contribution is 5.97. The molecule has 1 unspecified atom stereocenters. The molecule has 1 atom stereocenters. The number of H-pyrrole nitrogens is 1. The molecule has 0 spiro atoms. The summed E-state index contributed by atoms with van der Waals surface area (Å²) in [5.41, 5.74) is 1.52. The van der Waals surface area contributed by atoms with Gasteiger partial charge in [0.05, 0.1) is 6.54 Å². The number of hydrogen-bond donors (Lipinski definition) is 3. The van der Waals surface area contributed by atoms with E-state index in [1.54, 1.807) is 25.1 Å². The number of aromatic nitrogens is 3. The highest BCUT2D eigenvalue weighted by atomic mass is 16.2. The van der Waals surface area contributed by atoms with Crippen LogP contribution in [-0.2, 0) is 11.3 Å². The molecule has 7 heteroatoms. The minimum atomic E-state index is -0.638. The van der Waals surface area contributed by atoms with E-state index in [2.05, 4.69) is 25.8 Å². The van der Waals surface area contributed by atoms with Gasteiger partial charge in [0.2, 0.25) is 5.91 Å². The van der Waals surface area contributed by atoms with Crippen LogP contribution in [0, 0.1) is 6.92 Å². The van der Waals surface area contributed by atoms with E-state index in [0.29, 0.717) is 11.4 Å². The molecule has 0 fully saturated rings. The summed E-state index contributed by atoms with van der Waals surface area (Å²) in [6, 6.07) is 6.56. The average molecular weight is 287 g/mol. The SMILES string of the molecule is Cc1cccc(C(=O)NC(C)C(=O)NCc2ncn[nH]2)c1. The second-order valence-corrected chi connectivity index (χ2v) is 4.71. The van der Waals surface area contributed by atoms with Crippen molar-refractivity contribution in [2.24, 2.45) is 0 Å². The summed E-state index contributed by atoms with van der Waals surface area (Å²) < 4.78 is 0. The maximum Gasteiger partial charge on any atom is 0.251 e. The van der Waals surface area contributed by atoms with Crippen LogP contribution in [0.25, 0.3) is 0 Å². The third kappa shape index (κ3) is 4.13. The van der Waals surface area contributed by atoms with Gasteiger partial charge in [-0.1, -0.05) is 17.7 Å². The zero-order chi connectivity index (χ0) is 15.2. The zero-order valence-electron chi connectivity index (χ0n) is 11.9. The summed E-state index contributed by atoms with van der Waals surface area (Å²) in [4.78, 5) is 27.8. The molecule has 2 rings (SSSR count). The lowest BCUT2D eigenvalue weighted by molar-refractivity contribution is -0.122. The summed E-state index contributed by atoms with van der Waals surface area (Å²) in [6.45, 7) is 3.78. The summed E-state index contributed by atoms with van der Waals surface area (Å²) >= 11 is 0. The van der Waals surface area contributed by atoms with Crippen molar-refractivity contribution in [3.63, 3.8) is 0 Å². The number of aryl methyl sites for hydroxylation is 1. The molecule has 0 aliphatic heterocycles. The molecule has 7 nitrogen and oxygen atoms in total. The van der Waals surface area contributed by atoms with E-state index in [9.17, 15) is 9.59 Å². The molecule has 2 amide bonds. The van der Waals surface area contributed by atoms with Crippen LogP contribution in [0.5, 0.6) is 0 Å². The van der Waals surface area contributed by atoms with Crippen LogP contribution in [0.4, 0.5) is 0 Å². The first-order chi connectivity index (χ1) is 10.1. The van der Waals surface area contributed by atoms with Crippen LogP contribution in [0.1, 0.15) is 28.7 Å². The van der Waals surface area contributed by atoms with Gasteiger partial charge in [-0.2, -0.15) is 5.10 Å². The van der Waals surface area contributed by atoms with E-state index in [1.807, 2.05) is 13.0 Å². The Morgan fingerprint density at radius 3 is 2.86 bits per heavy atom. The number of hydrogen-bond acceptors (Lipinski definition) is 4. The number of aromatic amines is 1. The van der Waals surface area contributed by atoms with Gasteiger partial charge in [-0.3, -0.25) is 14.7 Å². The Kier molecular flexibility index (Phi) is 4.65. The second kappa shape index (κ2) is 6.65. The van der Waals surface area contributed by atoms with Gasteiger partial charge in [0, 0.05) is 5.56 Å². The van der Waals surface area contributed by atoms with Gasteiger partial charge in [0.1, 0.15) is 18.2 Å². The van der Waals surface area contributed by atoms with Crippen LogP contribution in [0.15, 0.2) is 30.6 Å². The third-order valence-corrected chi connectivity index (χ3v) is 2.92. The van der Waals surface area contributed by atoms with Crippen molar-refractivity contribution in [3.05, 3.63) is 47.5 Å². The van der Waals surface area contributed by atoms with Crippen molar-refractivity contribution in [1.82, 2.24) is 25.8 Å². The quantitative estimate of drug-likeness (QED) is 0.747. The molecule has 0 bridgehead atoms. The number of rotatable bonds is 5. The van der Waals surface area contributed by atoms with Gasteiger partial charge in [-0.05, 0) is 26.0 Å². The van der Waals surface area contributed by atoms with E-state index >= 15 is 0 Å². The summed E-state index contributed by atoms with van der Waals surface area (Å²) in [7, 11) is 0. The summed E-state index contributed by atoms with van der Waals surface area (Å²) in [6.07, 6.45) is 1.37. The monoisotopic (exact) mass is 287 g/mol. The first kappa shape index (κ1) is 14.7. The van der Waals surface area contributed by atoms with Crippen LogP contribution >= 0.6 is 0 Å². The van der Waals surface area contributed by atoms with Crippen molar-refractivity contribution in [2.75, 3.05) is 0 Å². The van der Waals surface area contributed by atoms with E-state index in [0.717, 1.165) is 5.56 Å². The number of nitrogens with one attached hydrogen (secondary N) is 3. The van der Waals surface area contributed by atoms with Gasteiger partial charge in [0.15, 0.2) is 0 Å². The Balaban J connectivity index is 1.86. The van der Waals surface area contributed by atoms with Crippen LogP contribution < -0.4 is 10.6 Å². The minimum absolute atomic E-state index is 0.240. The predicted molar refractivity (Wildman–Crippen MR) is 76.3 cm³/mol. The standard InChI is InChI=1S/C14H17N5O2/c1-9-4-3-5-11(6-9)14(21)18-10(2)13(20)15-7-12-16-8-17-19-12/h3-6,8,10H,7H2,1-2H3,(H,15,20)(H,18,21)(H,16,17,19). The topological polar surface area (TPSA) is 99.8 Å². The van der Waals surface area contributed by atoms with Crippen LogP contribution in [-0.4, -0.2) is 33.0 Å². The highest BCUT2D eigenvalue weighted by Gasteiger charge is 2.16. The normalized spacial score (nSPS) is 11.7. The molecule has 1 aromatic carbocycles. The van der Waals surface area contributed by atoms with E-state index < -0.39 is 6.04 Å². The zero-order valence-corrected chi connectivity index (χ0v) is 11.9. The van der Waals surface area contributed by atoms with Crippen molar-refractivity contribution in [3.8, 4) is 0 Å². The van der Waals surface area contributed by atoms with Gasteiger partial charge in [-0.15, -0.1) is 0 Å². The summed E-state index contributed by atoms with van der Waals surface area (Å²) in [5, 5.41) is 11.6. The molecule has 0 aliphatic rings. The Labute approximate surface area is 122 Å². The molecule has 21 heavy (non-hydrogen) atoms. The number of nitrogens with zero attached hydrogens (tertiary/aromatic N) is 2. The molecule has 0 saturated carbocycles. The Hall–Kier alpha value is -2.70. The fourth-order valence-electron chi connectivity index (χ4n) is 1.77. The predicted octanol–water partition coefficient (Wildman–Crippen LogP) is 0.548. The molecule has 0 saturated heterocycles. The van der Waals surface area contributed by atoms with Crippen molar-refractivity contribution in [2.45, 2.75) is 26.4 Å². The number of amides is 2. The second-order valence-electron chi connectivity index (χ2n) is 4.71. The molecule has 1 heterocycles. The molecule has 0 radical (unpaired) electrons. The lowest BCUT2D eigenvalue weighted by Gasteiger charge is -2.13. The van der Waals surface area contributed by atoms with E-state index in [1.165, 1.54) is 6.33 Å². The van der Waals surface area contributed by atoms with E-state index in [-0.39, 0.29) is 18.4 Å². The Morgan fingerprint density at radius 1 is 1.38 bits per heavy atom. The lowest BCUT2D eigenvalue weighted by atomic mass is 10.1. The molecule has 1 aromatic heterocycles. The number of carbonyl (C=O) groups excluding carboxylic acids is 2. The molecule has 110 valence electrons. The van der Waals surface area contributed by atoms with Gasteiger partial charge in [0.25, 0.3) is 5.91 Å². The lowest BCUT2D eigenvalue weighted by Crippen LogP contribution is -2.44. The first-order valence-electron chi connectivity index (χ1n) is 6.56. The van der Waals surface area contributed by atoms with Gasteiger partial charge < -0.3 is 10.6 Å². The smallest absolute Gasteiger partial charge is 0.251 e. The summed E-state index contributed by atoms with van der Waals surface area (Å²) in [5.74, 6) is -0.00557. The molecule has 2 aromatic rings. The molecule has 3 N–H and O–H groups in total. The molecular formula is C14H17N5O2. The maximum atomic E-state index is 12.0. The van der Waals surface area contributed by atoms with Gasteiger partial charge >= 0.3 is 0 Å². The number of benzene rings is 1.